The number of piperidine rings is 1. The van der Waals surface area contributed by atoms with E-state index in [0.29, 0.717) is 62.5 Å². The molecule has 2 saturated heterocycles. The van der Waals surface area contributed by atoms with Crippen molar-refractivity contribution in [2.24, 2.45) is 5.92 Å². The topological polar surface area (TPSA) is 124 Å². The molecule has 2 aromatic carbocycles. The summed E-state index contributed by atoms with van der Waals surface area (Å²) in [5, 5.41) is 16.9. The van der Waals surface area contributed by atoms with Gasteiger partial charge in [-0.2, -0.15) is 0 Å². The zero-order valence-corrected chi connectivity index (χ0v) is 27.1. The lowest BCUT2D eigenvalue weighted by molar-refractivity contribution is -0.165. The number of carbonyl (C=O) groups is 3. The van der Waals surface area contributed by atoms with E-state index in [1.807, 2.05) is 36.4 Å². The van der Waals surface area contributed by atoms with Gasteiger partial charge >= 0.3 is 0 Å². The number of rotatable bonds is 10. The van der Waals surface area contributed by atoms with Crippen LogP contribution >= 0.6 is 0 Å². The van der Waals surface area contributed by atoms with Crippen molar-refractivity contribution >= 4 is 17.7 Å². The van der Waals surface area contributed by atoms with Crippen LogP contribution in [0.4, 0.5) is 0 Å². The number of pyridine rings is 1. The van der Waals surface area contributed by atoms with Gasteiger partial charge in [0.15, 0.2) is 0 Å². The highest BCUT2D eigenvalue weighted by molar-refractivity contribution is 6.00. The molecular weight excluding hydrogens is 594 g/mol. The van der Waals surface area contributed by atoms with E-state index in [-0.39, 0.29) is 23.6 Å². The van der Waals surface area contributed by atoms with Gasteiger partial charge in [0.1, 0.15) is 23.1 Å². The number of amides is 3. The number of ether oxygens (including phenoxy) is 1. The maximum absolute atomic E-state index is 14.1. The number of hydrogen-bond donors (Lipinski definition) is 3. The number of hydrogen-bond acceptors (Lipinski definition) is 7. The van der Waals surface area contributed by atoms with E-state index >= 15 is 0 Å². The number of aromatic nitrogens is 1. The van der Waals surface area contributed by atoms with Crippen LogP contribution in [0.5, 0.6) is 11.5 Å². The second kappa shape index (κ2) is 14.6. The Balaban J connectivity index is 1.10. The van der Waals surface area contributed by atoms with Gasteiger partial charge in [0, 0.05) is 51.2 Å². The van der Waals surface area contributed by atoms with E-state index < -0.39 is 17.7 Å². The quantitative estimate of drug-likeness (QED) is 0.306. The average Bonchev–Trinajstić information content (AvgIpc) is 3.12. The summed E-state index contributed by atoms with van der Waals surface area (Å²) < 4.78 is 5.97. The number of aliphatic hydroxyl groups excluding tert-OH is 1. The molecule has 10 nitrogen and oxygen atoms in total. The van der Waals surface area contributed by atoms with Crippen LogP contribution in [0.3, 0.4) is 0 Å². The fourth-order valence-electron chi connectivity index (χ4n) is 7.38. The Kier molecular flexibility index (Phi) is 10.2. The third kappa shape index (κ3) is 7.34. The summed E-state index contributed by atoms with van der Waals surface area (Å²) in [6, 6.07) is 17.9. The van der Waals surface area contributed by atoms with Gasteiger partial charge in [0.25, 0.3) is 5.91 Å². The monoisotopic (exact) mass is 639 g/mol. The Bertz CT molecular complexity index is 1520. The summed E-state index contributed by atoms with van der Waals surface area (Å²) >= 11 is 0. The minimum atomic E-state index is -0.941. The van der Waals surface area contributed by atoms with Gasteiger partial charge in [-0.3, -0.25) is 24.3 Å². The van der Waals surface area contributed by atoms with Crippen molar-refractivity contribution in [1.82, 2.24) is 25.4 Å². The molecule has 3 aromatic rings. The third-order valence-corrected chi connectivity index (χ3v) is 10.2. The average molecular weight is 640 g/mol. The minimum Gasteiger partial charge on any atom is -0.457 e. The number of nitrogens with one attached hydrogen (secondary N) is 2. The molecule has 248 valence electrons. The molecule has 3 heterocycles. The number of nitrogens with zero attached hydrogens (tertiary/aromatic N) is 3. The fourth-order valence-corrected chi connectivity index (χ4v) is 7.38. The van der Waals surface area contributed by atoms with Crippen molar-refractivity contribution in [2.75, 3.05) is 26.7 Å². The molecule has 3 N–H and O–H groups in total. The molecule has 2 aliphatic heterocycles. The lowest BCUT2D eigenvalue weighted by Gasteiger charge is -2.52. The minimum absolute atomic E-state index is 0.0282. The normalized spacial score (nSPS) is 20.9. The van der Waals surface area contributed by atoms with Crippen LogP contribution in [0.25, 0.3) is 0 Å². The molecule has 47 heavy (non-hydrogen) atoms. The molecule has 3 aliphatic rings. The molecule has 0 bridgehead atoms. The van der Waals surface area contributed by atoms with E-state index in [2.05, 4.69) is 20.5 Å². The third-order valence-electron chi connectivity index (χ3n) is 10.2. The standard InChI is InChI=1S/C37H45N5O5/c1-38-34(44)29-11-15-31(16-12-29)47-30-13-9-27(10-14-30)25-41-22-18-37(19-23-41)36(46)40-32(33(43)28-7-3-2-4-8-28)35(45)42(37)21-17-26-6-5-20-39-24-26/h5-6,9-16,20,24,28,32-33,43H,2-4,7-8,17-19,21-23,25H2,1H3,(H,38,44)(H,40,46)/t32-,33-/m1/s1. The molecule has 1 spiro atoms. The smallest absolute Gasteiger partial charge is 0.251 e. The highest BCUT2D eigenvalue weighted by Gasteiger charge is 2.55. The number of benzene rings is 2. The van der Waals surface area contributed by atoms with E-state index in [9.17, 15) is 19.5 Å². The van der Waals surface area contributed by atoms with Gasteiger partial charge in [0.2, 0.25) is 11.8 Å². The van der Waals surface area contributed by atoms with Crippen molar-refractivity contribution in [2.45, 2.75) is 75.6 Å². The summed E-state index contributed by atoms with van der Waals surface area (Å²) in [5.41, 5.74) is 1.76. The maximum atomic E-state index is 14.1. The van der Waals surface area contributed by atoms with Crippen molar-refractivity contribution in [3.8, 4) is 11.5 Å². The molecule has 2 atom stereocenters. The lowest BCUT2D eigenvalue weighted by Crippen LogP contribution is -2.75. The van der Waals surface area contributed by atoms with Crippen molar-refractivity contribution in [3.63, 3.8) is 0 Å². The molecule has 0 radical (unpaired) electrons. The van der Waals surface area contributed by atoms with Crippen molar-refractivity contribution < 1.29 is 24.2 Å². The zero-order valence-electron chi connectivity index (χ0n) is 27.1. The molecule has 6 rings (SSSR count). The molecule has 10 heteroatoms. The number of likely N-dealkylation sites (tertiary alicyclic amines) is 1. The predicted molar refractivity (Wildman–Crippen MR) is 178 cm³/mol. The summed E-state index contributed by atoms with van der Waals surface area (Å²) in [4.78, 5) is 48.2. The zero-order chi connectivity index (χ0) is 32.8. The van der Waals surface area contributed by atoms with Gasteiger partial charge in [-0.25, -0.2) is 0 Å². The first-order chi connectivity index (χ1) is 22.9. The summed E-state index contributed by atoms with van der Waals surface area (Å²) in [6.45, 7) is 2.44. The largest absolute Gasteiger partial charge is 0.457 e. The van der Waals surface area contributed by atoms with Crippen LogP contribution in [-0.2, 0) is 22.6 Å². The van der Waals surface area contributed by atoms with Crippen molar-refractivity contribution in [1.29, 1.82) is 0 Å². The van der Waals surface area contributed by atoms with Gasteiger partial charge in [-0.15, -0.1) is 0 Å². The molecule has 3 fully saturated rings. The Hall–Kier alpha value is -4.28. The highest BCUT2D eigenvalue weighted by atomic mass is 16.5. The first-order valence-electron chi connectivity index (χ1n) is 16.9. The molecular formula is C37H45N5O5. The Labute approximate surface area is 276 Å². The van der Waals surface area contributed by atoms with Crippen LogP contribution in [0.1, 0.15) is 66.4 Å². The van der Waals surface area contributed by atoms with Gasteiger partial charge in [-0.1, -0.05) is 37.5 Å². The van der Waals surface area contributed by atoms with E-state index in [1.165, 1.54) is 0 Å². The predicted octanol–water partition coefficient (Wildman–Crippen LogP) is 4.08. The van der Waals surface area contributed by atoms with Crippen LogP contribution in [0.15, 0.2) is 73.1 Å². The van der Waals surface area contributed by atoms with Gasteiger partial charge in [-0.05, 0) is 91.6 Å². The fraction of sp³-hybridized carbons (Fsp3) is 0.459. The van der Waals surface area contributed by atoms with Crippen LogP contribution in [-0.4, -0.2) is 82.0 Å². The Morgan fingerprint density at radius 2 is 1.68 bits per heavy atom. The van der Waals surface area contributed by atoms with Crippen LogP contribution in [0, 0.1) is 5.92 Å². The number of aliphatic hydroxyl groups is 1. The van der Waals surface area contributed by atoms with E-state index in [0.717, 1.165) is 43.2 Å². The molecule has 1 aliphatic carbocycles. The number of carbonyl (C=O) groups excluding carboxylic acids is 3. The first-order valence-corrected chi connectivity index (χ1v) is 16.9. The highest BCUT2D eigenvalue weighted by Crippen LogP contribution is 2.36. The lowest BCUT2D eigenvalue weighted by atomic mass is 9.77. The summed E-state index contributed by atoms with van der Waals surface area (Å²) in [7, 11) is 1.60. The first kappa shape index (κ1) is 32.7. The van der Waals surface area contributed by atoms with E-state index in [1.54, 1.807) is 48.6 Å². The Morgan fingerprint density at radius 1 is 1.00 bits per heavy atom. The second-order valence-electron chi connectivity index (χ2n) is 13.1. The second-order valence-corrected chi connectivity index (χ2v) is 13.1. The Morgan fingerprint density at radius 3 is 2.32 bits per heavy atom. The maximum Gasteiger partial charge on any atom is 0.251 e. The molecule has 3 amide bonds. The van der Waals surface area contributed by atoms with Gasteiger partial charge < -0.3 is 25.4 Å². The van der Waals surface area contributed by atoms with Crippen LogP contribution < -0.4 is 15.4 Å². The van der Waals surface area contributed by atoms with Crippen LogP contribution in [0.2, 0.25) is 0 Å². The molecule has 1 saturated carbocycles. The van der Waals surface area contributed by atoms with E-state index in [4.69, 9.17) is 4.74 Å². The summed E-state index contributed by atoms with van der Waals surface area (Å²) in [6.07, 6.45) is 9.31. The molecule has 1 aromatic heterocycles. The van der Waals surface area contributed by atoms with Gasteiger partial charge in [0.05, 0.1) is 6.10 Å². The number of piperazine rings is 1. The SMILES string of the molecule is CNC(=O)c1ccc(Oc2ccc(CN3CCC4(CC3)C(=O)N[C@H]([C@H](O)C3CCCCC3)C(=O)N4CCc3cccnc3)cc2)cc1. The van der Waals surface area contributed by atoms with Crippen molar-refractivity contribution in [3.05, 3.63) is 89.7 Å². The molecule has 0 unspecified atom stereocenters. The summed E-state index contributed by atoms with van der Waals surface area (Å²) in [5.74, 6) is 0.918.